The van der Waals surface area contributed by atoms with Crippen molar-refractivity contribution in [3.8, 4) is 5.75 Å². The number of hydrogen-bond donors (Lipinski definition) is 0. The first-order valence-corrected chi connectivity index (χ1v) is 4.95. The molecule has 0 aliphatic carbocycles. The van der Waals surface area contributed by atoms with Crippen molar-refractivity contribution in [3.05, 3.63) is 24.3 Å². The van der Waals surface area contributed by atoms with Gasteiger partial charge in [0.25, 0.3) is 0 Å². The molecule has 0 aliphatic rings. The van der Waals surface area contributed by atoms with E-state index < -0.39 is 12.3 Å². The highest BCUT2D eigenvalue weighted by atomic mass is 32.2. The van der Waals surface area contributed by atoms with Crippen LogP contribution >= 0.6 is 12.0 Å². The highest BCUT2D eigenvalue weighted by Crippen LogP contribution is 2.40. The van der Waals surface area contributed by atoms with E-state index >= 15 is 0 Å². The fraction of sp³-hybridized carbons (Fsp3) is 0.333. The smallest absolute Gasteiger partial charge is 0.484 e. The summed E-state index contributed by atoms with van der Waals surface area (Å²) in [5.74, 6) is 0.455. The largest absolute Gasteiger partial charge is 0.497 e. The SMILES string of the molecule is COc1ccc(SOC(F)(F)C(F)(F)F)cc1. The van der Waals surface area contributed by atoms with Crippen LogP contribution in [-0.2, 0) is 4.18 Å². The Balaban J connectivity index is 2.61. The maximum Gasteiger partial charge on any atom is 0.484 e. The Labute approximate surface area is 97.9 Å². The molecule has 1 aromatic rings. The van der Waals surface area contributed by atoms with Crippen molar-refractivity contribution in [2.24, 2.45) is 0 Å². The van der Waals surface area contributed by atoms with E-state index in [9.17, 15) is 22.0 Å². The van der Waals surface area contributed by atoms with Crippen LogP contribution in [0.25, 0.3) is 0 Å². The minimum absolute atomic E-state index is 0.0521. The molecule has 0 N–H and O–H groups in total. The van der Waals surface area contributed by atoms with E-state index in [1.807, 2.05) is 0 Å². The van der Waals surface area contributed by atoms with Gasteiger partial charge < -0.3 is 4.74 Å². The van der Waals surface area contributed by atoms with Crippen molar-refractivity contribution in [1.82, 2.24) is 0 Å². The second kappa shape index (κ2) is 5.09. The molecule has 1 rings (SSSR count). The molecule has 0 amide bonds. The molecule has 2 nitrogen and oxygen atoms in total. The first-order chi connectivity index (χ1) is 7.76. The van der Waals surface area contributed by atoms with Crippen LogP contribution in [0.1, 0.15) is 0 Å². The molecule has 0 aromatic heterocycles. The van der Waals surface area contributed by atoms with Crippen LogP contribution in [0.3, 0.4) is 0 Å². The minimum atomic E-state index is -5.73. The quantitative estimate of drug-likeness (QED) is 0.613. The Bertz CT molecular complexity index is 363. The zero-order valence-electron chi connectivity index (χ0n) is 8.42. The summed E-state index contributed by atoms with van der Waals surface area (Å²) in [5, 5.41) is 0. The molecule has 0 aliphatic heterocycles. The van der Waals surface area contributed by atoms with Crippen molar-refractivity contribution in [3.63, 3.8) is 0 Å². The normalized spacial score (nSPS) is 12.6. The second-order valence-electron chi connectivity index (χ2n) is 2.86. The molecule has 0 saturated carbocycles. The summed E-state index contributed by atoms with van der Waals surface area (Å²) in [6.45, 7) is 0. The third-order valence-corrected chi connectivity index (χ3v) is 2.39. The number of halogens is 5. The lowest BCUT2D eigenvalue weighted by atomic mass is 10.3. The molecule has 0 fully saturated rings. The van der Waals surface area contributed by atoms with E-state index in [1.165, 1.54) is 31.4 Å². The zero-order chi connectivity index (χ0) is 13.1. The van der Waals surface area contributed by atoms with Crippen LogP contribution in [-0.4, -0.2) is 19.4 Å². The van der Waals surface area contributed by atoms with Gasteiger partial charge in [0.1, 0.15) is 5.75 Å². The lowest BCUT2D eigenvalue weighted by Crippen LogP contribution is -2.37. The van der Waals surface area contributed by atoms with Gasteiger partial charge in [-0.3, -0.25) is 0 Å². The van der Waals surface area contributed by atoms with Crippen molar-refractivity contribution in [1.29, 1.82) is 0 Å². The Morgan fingerprint density at radius 2 is 1.53 bits per heavy atom. The average Bonchev–Trinajstić information content (AvgIpc) is 2.25. The van der Waals surface area contributed by atoms with E-state index in [-0.39, 0.29) is 16.9 Å². The second-order valence-corrected chi connectivity index (χ2v) is 3.66. The van der Waals surface area contributed by atoms with Crippen LogP contribution in [0, 0.1) is 0 Å². The maximum atomic E-state index is 12.4. The Morgan fingerprint density at radius 3 is 1.94 bits per heavy atom. The summed E-state index contributed by atoms with van der Waals surface area (Å²) >= 11 is -0.0521. The molecule has 0 saturated heterocycles. The molecule has 0 unspecified atom stereocenters. The van der Waals surface area contributed by atoms with E-state index in [0.29, 0.717) is 5.75 Å². The summed E-state index contributed by atoms with van der Waals surface area (Å²) in [6.07, 6.45) is -10.9. The molecule has 1 aromatic carbocycles. The number of methoxy groups -OCH3 is 1. The molecule has 96 valence electrons. The first kappa shape index (κ1) is 14.0. The number of ether oxygens (including phenoxy) is 1. The van der Waals surface area contributed by atoms with Gasteiger partial charge in [-0.15, -0.1) is 0 Å². The predicted molar refractivity (Wildman–Crippen MR) is 50.9 cm³/mol. The molecular formula is C9H7F5O2S. The number of benzene rings is 1. The zero-order valence-corrected chi connectivity index (χ0v) is 9.24. The lowest BCUT2D eigenvalue weighted by molar-refractivity contribution is -0.356. The number of hydrogen-bond acceptors (Lipinski definition) is 3. The van der Waals surface area contributed by atoms with E-state index in [4.69, 9.17) is 4.74 Å². The topological polar surface area (TPSA) is 18.5 Å². The van der Waals surface area contributed by atoms with Gasteiger partial charge in [0, 0.05) is 16.9 Å². The van der Waals surface area contributed by atoms with Crippen LogP contribution < -0.4 is 4.74 Å². The number of rotatable bonds is 4. The van der Waals surface area contributed by atoms with Gasteiger partial charge in [-0.25, -0.2) is 4.18 Å². The Morgan fingerprint density at radius 1 is 1.00 bits per heavy atom. The molecule has 0 radical (unpaired) electrons. The molecule has 0 atom stereocenters. The highest BCUT2D eigenvalue weighted by Gasteiger charge is 2.60. The van der Waals surface area contributed by atoms with E-state index in [1.54, 1.807) is 0 Å². The van der Waals surface area contributed by atoms with E-state index in [2.05, 4.69) is 4.18 Å². The van der Waals surface area contributed by atoms with Gasteiger partial charge in [-0.2, -0.15) is 22.0 Å². The third kappa shape index (κ3) is 3.74. The molecule has 0 bridgehead atoms. The van der Waals surface area contributed by atoms with E-state index in [0.717, 1.165) is 0 Å². The highest BCUT2D eigenvalue weighted by molar-refractivity contribution is 7.94. The van der Waals surface area contributed by atoms with Crippen LogP contribution in [0.4, 0.5) is 22.0 Å². The van der Waals surface area contributed by atoms with Crippen LogP contribution in [0.15, 0.2) is 29.2 Å². The van der Waals surface area contributed by atoms with Gasteiger partial charge in [0.15, 0.2) is 0 Å². The first-order valence-electron chi connectivity index (χ1n) is 4.20. The van der Waals surface area contributed by atoms with Gasteiger partial charge in [-0.1, -0.05) is 0 Å². The fourth-order valence-electron chi connectivity index (χ4n) is 0.779. The van der Waals surface area contributed by atoms with Crippen molar-refractivity contribution < 1.29 is 30.9 Å². The summed E-state index contributed by atoms with van der Waals surface area (Å²) < 4.78 is 68.2. The van der Waals surface area contributed by atoms with Crippen molar-refractivity contribution in [2.45, 2.75) is 17.2 Å². The van der Waals surface area contributed by atoms with Gasteiger partial charge in [0.05, 0.1) is 7.11 Å². The molecule has 0 heterocycles. The van der Waals surface area contributed by atoms with Gasteiger partial charge >= 0.3 is 12.3 Å². The number of alkyl halides is 5. The molecule has 0 spiro atoms. The third-order valence-electron chi connectivity index (χ3n) is 1.63. The fourth-order valence-corrected chi connectivity index (χ4v) is 1.32. The maximum absolute atomic E-state index is 12.4. The lowest BCUT2D eigenvalue weighted by Gasteiger charge is -2.17. The Hall–Kier alpha value is -1.02. The van der Waals surface area contributed by atoms with Crippen LogP contribution in [0.5, 0.6) is 5.75 Å². The average molecular weight is 274 g/mol. The standard InChI is InChI=1S/C9H7F5O2S/c1-15-6-2-4-7(5-3-6)17-16-9(13,14)8(10,11)12/h2-5H,1H3. The summed E-state index contributed by atoms with van der Waals surface area (Å²) in [6, 6.07) is 5.43. The summed E-state index contributed by atoms with van der Waals surface area (Å²) in [5.41, 5.74) is 0. The monoisotopic (exact) mass is 274 g/mol. The van der Waals surface area contributed by atoms with Crippen LogP contribution in [0.2, 0.25) is 0 Å². The molecule has 17 heavy (non-hydrogen) atoms. The predicted octanol–water partition coefficient (Wildman–Crippen LogP) is 3.87. The van der Waals surface area contributed by atoms with Crippen molar-refractivity contribution in [2.75, 3.05) is 7.11 Å². The van der Waals surface area contributed by atoms with Gasteiger partial charge in [0.2, 0.25) is 0 Å². The molecular weight excluding hydrogens is 267 g/mol. The summed E-state index contributed by atoms with van der Waals surface area (Å²) in [4.78, 5) is 0.106. The Kier molecular flexibility index (Phi) is 4.21. The van der Waals surface area contributed by atoms with Crippen molar-refractivity contribution >= 4 is 12.0 Å². The minimum Gasteiger partial charge on any atom is -0.497 e. The summed E-state index contributed by atoms with van der Waals surface area (Å²) in [7, 11) is 1.40. The molecule has 8 heteroatoms. The van der Waals surface area contributed by atoms with Gasteiger partial charge in [-0.05, 0) is 24.3 Å².